The molecule has 0 radical (unpaired) electrons. The highest BCUT2D eigenvalue weighted by Crippen LogP contribution is 2.14. The zero-order valence-corrected chi connectivity index (χ0v) is 10.5. The Bertz CT molecular complexity index is 304. The van der Waals surface area contributed by atoms with E-state index in [1.807, 2.05) is 0 Å². The van der Waals surface area contributed by atoms with E-state index in [1.165, 1.54) is 37.2 Å². The summed E-state index contributed by atoms with van der Waals surface area (Å²) < 4.78 is 0. The van der Waals surface area contributed by atoms with Crippen molar-refractivity contribution < 1.29 is 0 Å². The van der Waals surface area contributed by atoms with Crippen LogP contribution in [0, 0.1) is 0 Å². The van der Waals surface area contributed by atoms with Crippen molar-refractivity contribution in [1.29, 1.82) is 0 Å². The van der Waals surface area contributed by atoms with E-state index in [4.69, 9.17) is 0 Å². The van der Waals surface area contributed by atoms with E-state index in [2.05, 4.69) is 47.1 Å². The lowest BCUT2D eigenvalue weighted by atomic mass is 10.2. The molecule has 1 N–H and O–H groups in total. The number of hydrogen-bond donors (Lipinski definition) is 2. The predicted molar refractivity (Wildman–Crippen MR) is 73.3 cm³/mol. The van der Waals surface area contributed by atoms with Gasteiger partial charge in [-0.1, -0.05) is 12.1 Å². The number of likely N-dealkylation sites (tertiary alicyclic amines) is 1. The molecule has 3 heteroatoms. The van der Waals surface area contributed by atoms with Crippen LogP contribution in [0.3, 0.4) is 0 Å². The summed E-state index contributed by atoms with van der Waals surface area (Å²) in [7, 11) is 0. The SMILES string of the molecule is SCCNc1ccc(CN2CCCC2)cc1. The Morgan fingerprint density at radius 2 is 1.81 bits per heavy atom. The molecule has 88 valence electrons. The number of hydrogen-bond acceptors (Lipinski definition) is 3. The van der Waals surface area contributed by atoms with Gasteiger partial charge in [-0.2, -0.15) is 12.6 Å². The summed E-state index contributed by atoms with van der Waals surface area (Å²) in [6.07, 6.45) is 2.73. The van der Waals surface area contributed by atoms with Crippen LogP contribution in [0.15, 0.2) is 24.3 Å². The van der Waals surface area contributed by atoms with Gasteiger partial charge in [-0.05, 0) is 43.6 Å². The highest BCUT2D eigenvalue weighted by Gasteiger charge is 2.11. The first-order chi connectivity index (χ1) is 7.88. The Hall–Kier alpha value is -0.670. The van der Waals surface area contributed by atoms with E-state index in [1.54, 1.807) is 0 Å². The highest BCUT2D eigenvalue weighted by atomic mass is 32.1. The summed E-state index contributed by atoms with van der Waals surface area (Å²) >= 11 is 4.18. The second-order valence-corrected chi connectivity index (χ2v) is 4.78. The largest absolute Gasteiger partial charge is 0.384 e. The van der Waals surface area contributed by atoms with Crippen molar-refractivity contribution >= 4 is 18.3 Å². The van der Waals surface area contributed by atoms with Crippen LogP contribution in [0.4, 0.5) is 5.69 Å². The van der Waals surface area contributed by atoms with Crippen LogP contribution < -0.4 is 5.32 Å². The average molecular weight is 236 g/mol. The Morgan fingerprint density at radius 3 is 2.44 bits per heavy atom. The molecule has 1 aromatic rings. The first-order valence-corrected chi connectivity index (χ1v) is 6.68. The van der Waals surface area contributed by atoms with Gasteiger partial charge in [-0.15, -0.1) is 0 Å². The Balaban J connectivity index is 1.86. The third-order valence-corrected chi connectivity index (χ3v) is 3.22. The molecular weight excluding hydrogens is 216 g/mol. The first-order valence-electron chi connectivity index (χ1n) is 6.04. The number of rotatable bonds is 5. The van der Waals surface area contributed by atoms with Gasteiger partial charge in [0.05, 0.1) is 0 Å². The molecule has 0 saturated carbocycles. The molecule has 0 atom stereocenters. The van der Waals surface area contributed by atoms with E-state index >= 15 is 0 Å². The smallest absolute Gasteiger partial charge is 0.0340 e. The van der Waals surface area contributed by atoms with Crippen LogP contribution in [-0.4, -0.2) is 30.3 Å². The normalized spacial score (nSPS) is 16.6. The molecule has 0 bridgehead atoms. The summed E-state index contributed by atoms with van der Waals surface area (Å²) in [6.45, 7) is 4.56. The topological polar surface area (TPSA) is 15.3 Å². The van der Waals surface area contributed by atoms with Crippen LogP contribution in [0.2, 0.25) is 0 Å². The van der Waals surface area contributed by atoms with E-state index in [0.717, 1.165) is 18.8 Å². The highest BCUT2D eigenvalue weighted by molar-refractivity contribution is 7.80. The van der Waals surface area contributed by atoms with Gasteiger partial charge in [0.15, 0.2) is 0 Å². The second-order valence-electron chi connectivity index (χ2n) is 4.33. The van der Waals surface area contributed by atoms with Crippen molar-refractivity contribution in [3.63, 3.8) is 0 Å². The van der Waals surface area contributed by atoms with E-state index in [-0.39, 0.29) is 0 Å². The molecule has 1 heterocycles. The van der Waals surface area contributed by atoms with Gasteiger partial charge in [0, 0.05) is 24.5 Å². The number of benzene rings is 1. The molecule has 1 aliphatic rings. The monoisotopic (exact) mass is 236 g/mol. The maximum Gasteiger partial charge on any atom is 0.0340 e. The van der Waals surface area contributed by atoms with Gasteiger partial charge in [-0.25, -0.2) is 0 Å². The van der Waals surface area contributed by atoms with E-state index in [0.29, 0.717) is 0 Å². The third kappa shape index (κ3) is 3.42. The molecule has 2 nitrogen and oxygen atoms in total. The van der Waals surface area contributed by atoms with Crippen molar-refractivity contribution in [3.8, 4) is 0 Å². The van der Waals surface area contributed by atoms with Crippen LogP contribution in [0.25, 0.3) is 0 Å². The van der Waals surface area contributed by atoms with E-state index in [9.17, 15) is 0 Å². The molecule has 1 saturated heterocycles. The quantitative estimate of drug-likeness (QED) is 0.764. The number of anilines is 1. The minimum Gasteiger partial charge on any atom is -0.384 e. The zero-order chi connectivity index (χ0) is 11.2. The Kier molecular flexibility index (Phi) is 4.55. The molecule has 1 aromatic carbocycles. The Morgan fingerprint density at radius 1 is 1.12 bits per heavy atom. The van der Waals surface area contributed by atoms with Gasteiger partial charge < -0.3 is 5.32 Å². The van der Waals surface area contributed by atoms with Crippen molar-refractivity contribution in [2.24, 2.45) is 0 Å². The fourth-order valence-corrected chi connectivity index (χ4v) is 2.24. The molecule has 0 spiro atoms. The van der Waals surface area contributed by atoms with Gasteiger partial charge >= 0.3 is 0 Å². The van der Waals surface area contributed by atoms with Crippen molar-refractivity contribution in [2.45, 2.75) is 19.4 Å². The summed E-state index contributed by atoms with van der Waals surface area (Å²) in [5.74, 6) is 0.871. The van der Waals surface area contributed by atoms with Gasteiger partial charge in [0.2, 0.25) is 0 Å². The van der Waals surface area contributed by atoms with Crippen LogP contribution in [-0.2, 0) is 6.54 Å². The van der Waals surface area contributed by atoms with Crippen molar-refractivity contribution in [2.75, 3.05) is 30.7 Å². The van der Waals surface area contributed by atoms with Crippen LogP contribution in [0.1, 0.15) is 18.4 Å². The molecule has 1 aliphatic heterocycles. The summed E-state index contributed by atoms with van der Waals surface area (Å²) in [4.78, 5) is 2.52. The summed E-state index contributed by atoms with van der Waals surface area (Å²) in [6, 6.07) is 8.77. The van der Waals surface area contributed by atoms with Crippen molar-refractivity contribution in [1.82, 2.24) is 4.90 Å². The standard InChI is InChI=1S/C13H20N2S/c16-10-7-14-13-5-3-12(4-6-13)11-15-8-1-2-9-15/h3-6,14,16H,1-2,7-11H2. The molecule has 2 rings (SSSR count). The minimum absolute atomic E-state index is 0.871. The lowest BCUT2D eigenvalue weighted by molar-refractivity contribution is 0.331. The zero-order valence-electron chi connectivity index (χ0n) is 9.65. The average Bonchev–Trinajstić information content (AvgIpc) is 2.81. The Labute approximate surface area is 103 Å². The fourth-order valence-electron chi connectivity index (χ4n) is 2.13. The number of nitrogens with one attached hydrogen (secondary N) is 1. The molecule has 16 heavy (non-hydrogen) atoms. The molecular formula is C13H20N2S. The fraction of sp³-hybridized carbons (Fsp3) is 0.538. The van der Waals surface area contributed by atoms with Crippen LogP contribution in [0.5, 0.6) is 0 Å². The number of thiol groups is 1. The lowest BCUT2D eigenvalue weighted by Crippen LogP contribution is -2.18. The number of nitrogens with zero attached hydrogens (tertiary/aromatic N) is 1. The first kappa shape index (κ1) is 11.8. The third-order valence-electron chi connectivity index (χ3n) is 3.00. The summed E-state index contributed by atoms with van der Waals surface area (Å²) in [5, 5.41) is 3.33. The van der Waals surface area contributed by atoms with Gasteiger partial charge in [0.1, 0.15) is 0 Å². The molecule has 0 unspecified atom stereocenters. The molecule has 1 fully saturated rings. The maximum absolute atomic E-state index is 4.18. The van der Waals surface area contributed by atoms with Gasteiger partial charge in [-0.3, -0.25) is 4.90 Å². The predicted octanol–water partition coefficient (Wildman–Crippen LogP) is 2.62. The van der Waals surface area contributed by atoms with E-state index < -0.39 is 0 Å². The summed E-state index contributed by atoms with van der Waals surface area (Å²) in [5.41, 5.74) is 2.61. The lowest BCUT2D eigenvalue weighted by Gasteiger charge is -2.14. The minimum atomic E-state index is 0.871. The van der Waals surface area contributed by atoms with Crippen molar-refractivity contribution in [3.05, 3.63) is 29.8 Å². The molecule has 0 aliphatic carbocycles. The van der Waals surface area contributed by atoms with Gasteiger partial charge in [0.25, 0.3) is 0 Å². The van der Waals surface area contributed by atoms with Crippen LogP contribution >= 0.6 is 12.6 Å². The molecule has 0 aromatic heterocycles. The maximum atomic E-state index is 4.18. The second kappa shape index (κ2) is 6.16. The molecule has 0 amide bonds.